The van der Waals surface area contributed by atoms with Crippen LogP contribution >= 0.6 is 11.8 Å². The third-order valence-electron chi connectivity index (χ3n) is 4.80. The normalized spacial score (nSPS) is 11.7. The maximum absolute atomic E-state index is 13.1. The van der Waals surface area contributed by atoms with Crippen LogP contribution in [0, 0.1) is 5.82 Å². The van der Waals surface area contributed by atoms with Crippen LogP contribution < -0.4 is 15.3 Å². The number of rotatable bonds is 9. The molecule has 8 nitrogen and oxygen atoms in total. The summed E-state index contributed by atoms with van der Waals surface area (Å²) in [6.45, 7) is 2.00. The minimum Gasteiger partial charge on any atom is -0.497 e. The fraction of sp³-hybridized carbons (Fsp3) is 0.286. The fourth-order valence-electron chi connectivity index (χ4n) is 2.75. The Morgan fingerprint density at radius 2 is 1.94 bits per heavy atom. The Kier molecular flexibility index (Phi) is 7.35. The third kappa shape index (κ3) is 5.66. The zero-order valence-electron chi connectivity index (χ0n) is 17.5. The fourth-order valence-corrected chi connectivity index (χ4v) is 3.55. The first-order chi connectivity index (χ1) is 14.9. The molecule has 1 aromatic heterocycles. The Balaban J connectivity index is 1.55. The zero-order chi connectivity index (χ0) is 22.4. The maximum Gasteiger partial charge on any atom is 0.233 e. The monoisotopic (exact) mass is 445 g/mol. The summed E-state index contributed by atoms with van der Waals surface area (Å²) in [5, 5.41) is 8.48. The van der Waals surface area contributed by atoms with Crippen LogP contribution in [0.4, 0.5) is 4.39 Å². The van der Waals surface area contributed by atoms with Gasteiger partial charge in [-0.3, -0.25) is 4.79 Å². The summed E-state index contributed by atoms with van der Waals surface area (Å²) >= 11 is 1.18. The predicted octanol–water partition coefficient (Wildman–Crippen LogP) is 3.03. The van der Waals surface area contributed by atoms with Crippen LogP contribution in [-0.2, 0) is 11.4 Å². The van der Waals surface area contributed by atoms with Crippen molar-refractivity contribution in [1.82, 2.24) is 19.8 Å². The molecule has 0 saturated heterocycles. The quantitative estimate of drug-likeness (QED) is 0.400. The van der Waals surface area contributed by atoms with Crippen LogP contribution in [0.15, 0.2) is 53.7 Å². The SMILES string of the molecule is COc1cccc(OCc2nnc(SCC(=O)N(C)C(C)c3ccc(F)cc3)n2N)c1. The second-order valence-electron chi connectivity index (χ2n) is 6.76. The number of nitrogens with two attached hydrogens (primary N) is 1. The Bertz CT molecular complexity index is 1030. The average molecular weight is 446 g/mol. The summed E-state index contributed by atoms with van der Waals surface area (Å²) in [5.74, 6) is 7.48. The summed E-state index contributed by atoms with van der Waals surface area (Å²) in [7, 11) is 3.29. The molecule has 0 radical (unpaired) electrons. The van der Waals surface area contributed by atoms with Gasteiger partial charge in [0.1, 0.15) is 23.9 Å². The molecule has 1 amide bonds. The Morgan fingerprint density at radius 3 is 2.65 bits per heavy atom. The van der Waals surface area contributed by atoms with Gasteiger partial charge in [-0.1, -0.05) is 30.0 Å². The minimum atomic E-state index is -0.311. The molecule has 31 heavy (non-hydrogen) atoms. The van der Waals surface area contributed by atoms with Crippen LogP contribution in [0.1, 0.15) is 24.4 Å². The molecule has 3 rings (SSSR count). The number of hydrogen-bond acceptors (Lipinski definition) is 7. The van der Waals surface area contributed by atoms with E-state index in [1.54, 1.807) is 43.3 Å². The standard InChI is InChI=1S/C21H24FN5O3S/c1-14(15-7-9-16(22)10-8-15)26(2)20(28)13-31-21-25-24-19(27(21)23)12-30-18-6-4-5-17(11-18)29-3/h4-11,14H,12-13,23H2,1-3H3. The number of ether oxygens (including phenoxy) is 2. The lowest BCUT2D eigenvalue weighted by Crippen LogP contribution is -2.31. The number of nitrogens with zero attached hydrogens (tertiary/aromatic N) is 4. The third-order valence-corrected chi connectivity index (χ3v) is 5.72. The van der Waals surface area contributed by atoms with Gasteiger partial charge in [0.25, 0.3) is 0 Å². The van der Waals surface area contributed by atoms with Gasteiger partial charge in [0, 0.05) is 13.1 Å². The number of hydrogen-bond donors (Lipinski definition) is 1. The van der Waals surface area contributed by atoms with Gasteiger partial charge >= 0.3 is 0 Å². The highest BCUT2D eigenvalue weighted by atomic mass is 32.2. The topological polar surface area (TPSA) is 95.5 Å². The molecule has 1 heterocycles. The molecule has 10 heteroatoms. The van der Waals surface area contributed by atoms with E-state index in [2.05, 4.69) is 10.2 Å². The van der Waals surface area contributed by atoms with Gasteiger partial charge in [-0.2, -0.15) is 0 Å². The van der Waals surface area contributed by atoms with Crippen molar-refractivity contribution in [1.29, 1.82) is 0 Å². The maximum atomic E-state index is 13.1. The molecule has 0 fully saturated rings. The molecule has 0 bridgehead atoms. The van der Waals surface area contributed by atoms with Gasteiger partial charge in [0.15, 0.2) is 5.82 Å². The van der Waals surface area contributed by atoms with Crippen molar-refractivity contribution in [3.63, 3.8) is 0 Å². The van der Waals surface area contributed by atoms with Crippen molar-refractivity contribution in [2.24, 2.45) is 0 Å². The van der Waals surface area contributed by atoms with E-state index in [0.29, 0.717) is 22.5 Å². The number of halogens is 1. The summed E-state index contributed by atoms with van der Waals surface area (Å²) in [5.41, 5.74) is 0.848. The molecular formula is C21H24FN5O3S. The largest absolute Gasteiger partial charge is 0.497 e. The lowest BCUT2D eigenvalue weighted by Gasteiger charge is -2.25. The van der Waals surface area contributed by atoms with E-state index >= 15 is 0 Å². The molecular weight excluding hydrogens is 421 g/mol. The predicted molar refractivity (Wildman–Crippen MR) is 116 cm³/mol. The number of methoxy groups -OCH3 is 1. The molecule has 0 saturated carbocycles. The lowest BCUT2D eigenvalue weighted by molar-refractivity contribution is -0.128. The molecule has 3 aromatic rings. The summed E-state index contributed by atoms with van der Waals surface area (Å²) in [6, 6.07) is 13.1. The second-order valence-corrected chi connectivity index (χ2v) is 7.70. The molecule has 0 spiro atoms. The van der Waals surface area contributed by atoms with Crippen LogP contribution in [0.3, 0.4) is 0 Å². The van der Waals surface area contributed by atoms with Crippen molar-refractivity contribution >= 4 is 17.7 Å². The van der Waals surface area contributed by atoms with Gasteiger partial charge < -0.3 is 20.2 Å². The number of thioether (sulfide) groups is 1. The molecule has 0 aliphatic heterocycles. The van der Waals surface area contributed by atoms with Crippen LogP contribution in [0.2, 0.25) is 0 Å². The van der Waals surface area contributed by atoms with Gasteiger partial charge in [-0.05, 0) is 36.8 Å². The van der Waals surface area contributed by atoms with Crippen molar-refractivity contribution in [2.45, 2.75) is 24.7 Å². The minimum absolute atomic E-state index is 0.112. The highest BCUT2D eigenvalue weighted by molar-refractivity contribution is 7.99. The highest BCUT2D eigenvalue weighted by Gasteiger charge is 2.19. The van der Waals surface area contributed by atoms with E-state index in [4.69, 9.17) is 15.3 Å². The first-order valence-electron chi connectivity index (χ1n) is 9.49. The number of carbonyl (C=O) groups excluding carboxylic acids is 1. The van der Waals surface area contributed by atoms with Gasteiger partial charge in [-0.15, -0.1) is 10.2 Å². The molecule has 2 N–H and O–H groups in total. The van der Waals surface area contributed by atoms with Crippen LogP contribution in [0.5, 0.6) is 11.5 Å². The molecule has 0 aliphatic carbocycles. The zero-order valence-corrected chi connectivity index (χ0v) is 18.3. The number of benzene rings is 2. The molecule has 0 aliphatic rings. The average Bonchev–Trinajstić information content (AvgIpc) is 3.15. The number of nitrogen functional groups attached to an aromatic ring is 1. The Labute approximate surface area is 184 Å². The van der Waals surface area contributed by atoms with E-state index in [-0.39, 0.29) is 30.1 Å². The second kappa shape index (κ2) is 10.2. The van der Waals surface area contributed by atoms with E-state index in [1.165, 1.54) is 28.6 Å². The van der Waals surface area contributed by atoms with Crippen LogP contribution in [-0.4, -0.2) is 45.6 Å². The van der Waals surface area contributed by atoms with E-state index in [1.807, 2.05) is 19.1 Å². The smallest absolute Gasteiger partial charge is 0.233 e. The van der Waals surface area contributed by atoms with Crippen molar-refractivity contribution in [2.75, 3.05) is 25.8 Å². The number of carbonyl (C=O) groups is 1. The molecule has 2 aromatic carbocycles. The Morgan fingerprint density at radius 1 is 1.23 bits per heavy atom. The summed E-state index contributed by atoms with van der Waals surface area (Å²) in [4.78, 5) is 14.2. The van der Waals surface area contributed by atoms with E-state index in [9.17, 15) is 9.18 Å². The number of aromatic nitrogens is 3. The van der Waals surface area contributed by atoms with E-state index in [0.717, 1.165) is 5.56 Å². The summed E-state index contributed by atoms with van der Waals surface area (Å²) in [6.07, 6.45) is 0. The molecule has 1 atom stereocenters. The Hall–Kier alpha value is -3.27. The van der Waals surface area contributed by atoms with Gasteiger partial charge in [0.05, 0.1) is 18.9 Å². The lowest BCUT2D eigenvalue weighted by atomic mass is 10.1. The first kappa shape index (κ1) is 22.4. The summed E-state index contributed by atoms with van der Waals surface area (Å²) < 4.78 is 25.3. The first-order valence-corrected chi connectivity index (χ1v) is 10.5. The number of amides is 1. The van der Waals surface area contributed by atoms with Crippen molar-refractivity contribution in [3.8, 4) is 11.5 Å². The van der Waals surface area contributed by atoms with Gasteiger partial charge in [-0.25, -0.2) is 9.07 Å². The molecule has 1 unspecified atom stereocenters. The van der Waals surface area contributed by atoms with Crippen LogP contribution in [0.25, 0.3) is 0 Å². The van der Waals surface area contributed by atoms with Gasteiger partial charge in [0.2, 0.25) is 11.1 Å². The highest BCUT2D eigenvalue weighted by Crippen LogP contribution is 2.23. The van der Waals surface area contributed by atoms with Crippen molar-refractivity contribution in [3.05, 3.63) is 65.7 Å². The van der Waals surface area contributed by atoms with E-state index < -0.39 is 0 Å². The molecule has 164 valence electrons. The van der Waals surface area contributed by atoms with Crippen molar-refractivity contribution < 1.29 is 18.7 Å².